The fraction of sp³-hybridized carbons (Fsp3) is 0.556. The van der Waals surface area contributed by atoms with Crippen molar-refractivity contribution >= 4 is 24.2 Å². The van der Waals surface area contributed by atoms with Crippen LogP contribution in [-0.4, -0.2) is 35.8 Å². The van der Waals surface area contributed by atoms with Crippen molar-refractivity contribution in [3.8, 4) is 0 Å². The van der Waals surface area contributed by atoms with Crippen molar-refractivity contribution in [1.29, 1.82) is 0 Å². The molecule has 3 N–H and O–H groups in total. The summed E-state index contributed by atoms with van der Waals surface area (Å²) in [5.74, 6) is -0.251. The zero-order valence-electron chi connectivity index (χ0n) is 14.4. The molecule has 1 fully saturated rings. The molecule has 3 atom stereocenters. The molecule has 24 heavy (non-hydrogen) atoms. The first kappa shape index (κ1) is 20.5. The maximum Gasteiger partial charge on any atom is 0.225 e. The van der Waals surface area contributed by atoms with Crippen molar-refractivity contribution in [2.24, 2.45) is 11.7 Å². The molecule has 1 aromatic rings. The molecule has 6 heteroatoms. The van der Waals surface area contributed by atoms with Crippen molar-refractivity contribution in [1.82, 2.24) is 10.2 Å². The number of nitrogens with two attached hydrogens (primary N) is 1. The highest BCUT2D eigenvalue weighted by Gasteiger charge is 2.36. The molecule has 0 spiro atoms. The summed E-state index contributed by atoms with van der Waals surface area (Å²) in [6.07, 6.45) is 2.31. The van der Waals surface area contributed by atoms with Gasteiger partial charge in [-0.15, -0.1) is 12.4 Å². The minimum Gasteiger partial charge on any atom is -0.354 e. The van der Waals surface area contributed by atoms with Gasteiger partial charge in [0, 0.05) is 31.6 Å². The molecular weight excluding hydrogens is 326 g/mol. The third-order valence-corrected chi connectivity index (χ3v) is 4.49. The third-order valence-electron chi connectivity index (χ3n) is 4.49. The molecule has 0 radical (unpaired) electrons. The van der Waals surface area contributed by atoms with E-state index in [1.165, 1.54) is 0 Å². The molecular formula is C18H28ClN3O2. The molecule has 0 aliphatic carbocycles. The Morgan fingerprint density at radius 2 is 2.04 bits per heavy atom. The van der Waals surface area contributed by atoms with E-state index in [1.54, 1.807) is 0 Å². The van der Waals surface area contributed by atoms with Crippen LogP contribution in [0.1, 0.15) is 44.7 Å². The van der Waals surface area contributed by atoms with Crippen LogP contribution >= 0.6 is 12.4 Å². The Morgan fingerprint density at radius 1 is 1.38 bits per heavy atom. The monoisotopic (exact) mass is 353 g/mol. The van der Waals surface area contributed by atoms with Crippen LogP contribution in [0.25, 0.3) is 0 Å². The molecule has 5 nitrogen and oxygen atoms in total. The Hall–Kier alpha value is -1.59. The number of carbonyl (C=O) groups is 2. The highest BCUT2D eigenvalue weighted by atomic mass is 35.5. The topological polar surface area (TPSA) is 75.4 Å². The van der Waals surface area contributed by atoms with Crippen LogP contribution in [0.2, 0.25) is 0 Å². The van der Waals surface area contributed by atoms with E-state index < -0.39 is 0 Å². The van der Waals surface area contributed by atoms with Crippen molar-refractivity contribution in [3.05, 3.63) is 35.9 Å². The highest BCUT2D eigenvalue weighted by Crippen LogP contribution is 2.22. The molecule has 1 saturated heterocycles. The Kier molecular flexibility index (Phi) is 8.22. The molecule has 0 saturated carbocycles. The summed E-state index contributed by atoms with van der Waals surface area (Å²) in [6.45, 7) is 5.06. The van der Waals surface area contributed by atoms with Gasteiger partial charge in [-0.2, -0.15) is 0 Å². The summed E-state index contributed by atoms with van der Waals surface area (Å²) in [5.41, 5.74) is 7.09. The standard InChI is InChI=1S/C18H27N3O2.ClH/c1-3-7-13(2)21-12-15(10-17(21)22)18(23)20-11-16(19)14-8-5-4-6-9-14;/h4-6,8-9,13,15-16H,3,7,10-12,19H2,1-2H3,(H,20,23);1H. The first-order chi connectivity index (χ1) is 11.0. The lowest BCUT2D eigenvalue weighted by Gasteiger charge is -2.24. The van der Waals surface area contributed by atoms with E-state index in [-0.39, 0.29) is 42.2 Å². The van der Waals surface area contributed by atoms with Crippen LogP contribution in [0.15, 0.2) is 30.3 Å². The highest BCUT2D eigenvalue weighted by molar-refractivity contribution is 5.89. The van der Waals surface area contributed by atoms with Gasteiger partial charge in [0.05, 0.1) is 5.92 Å². The fourth-order valence-electron chi connectivity index (χ4n) is 3.08. The van der Waals surface area contributed by atoms with E-state index in [2.05, 4.69) is 12.2 Å². The van der Waals surface area contributed by atoms with Crippen LogP contribution in [0.5, 0.6) is 0 Å². The SMILES string of the molecule is CCCC(C)N1CC(C(=O)NCC(N)c2ccccc2)CC1=O.Cl. The van der Waals surface area contributed by atoms with Crippen molar-refractivity contribution in [3.63, 3.8) is 0 Å². The zero-order valence-corrected chi connectivity index (χ0v) is 15.2. The van der Waals surface area contributed by atoms with Gasteiger partial charge in [-0.05, 0) is 18.9 Å². The Morgan fingerprint density at radius 3 is 2.67 bits per heavy atom. The number of benzene rings is 1. The van der Waals surface area contributed by atoms with Gasteiger partial charge in [0.15, 0.2) is 0 Å². The van der Waals surface area contributed by atoms with E-state index in [4.69, 9.17) is 5.73 Å². The summed E-state index contributed by atoms with van der Waals surface area (Å²) in [5, 5.41) is 2.89. The van der Waals surface area contributed by atoms with Crippen LogP contribution in [-0.2, 0) is 9.59 Å². The number of nitrogens with one attached hydrogen (secondary N) is 1. The first-order valence-corrected chi connectivity index (χ1v) is 8.40. The van der Waals surface area contributed by atoms with Gasteiger partial charge in [0.1, 0.15) is 0 Å². The average molecular weight is 354 g/mol. The van der Waals surface area contributed by atoms with Gasteiger partial charge in [-0.3, -0.25) is 9.59 Å². The maximum atomic E-state index is 12.3. The maximum absolute atomic E-state index is 12.3. The Bertz CT molecular complexity index is 538. The zero-order chi connectivity index (χ0) is 16.8. The summed E-state index contributed by atoms with van der Waals surface area (Å²) in [4.78, 5) is 26.2. The number of nitrogens with zero attached hydrogens (tertiary/aromatic N) is 1. The number of carbonyl (C=O) groups excluding carboxylic acids is 2. The molecule has 1 heterocycles. The largest absolute Gasteiger partial charge is 0.354 e. The quantitative estimate of drug-likeness (QED) is 0.789. The smallest absolute Gasteiger partial charge is 0.225 e. The summed E-state index contributed by atoms with van der Waals surface area (Å²) < 4.78 is 0. The summed E-state index contributed by atoms with van der Waals surface area (Å²) in [6, 6.07) is 9.67. The number of hydrogen-bond donors (Lipinski definition) is 2. The number of halogens is 1. The van der Waals surface area contributed by atoms with Gasteiger partial charge >= 0.3 is 0 Å². The predicted octanol–water partition coefficient (Wildman–Crippen LogP) is 2.26. The molecule has 1 aliphatic heterocycles. The average Bonchev–Trinajstić information content (AvgIpc) is 2.95. The van der Waals surface area contributed by atoms with E-state index in [1.807, 2.05) is 42.2 Å². The van der Waals surface area contributed by atoms with Crippen molar-refractivity contribution in [2.75, 3.05) is 13.1 Å². The van der Waals surface area contributed by atoms with Gasteiger partial charge in [-0.25, -0.2) is 0 Å². The fourth-order valence-corrected chi connectivity index (χ4v) is 3.08. The summed E-state index contributed by atoms with van der Waals surface area (Å²) in [7, 11) is 0. The molecule has 0 aromatic heterocycles. The van der Waals surface area contributed by atoms with Gasteiger partial charge in [-0.1, -0.05) is 43.7 Å². The summed E-state index contributed by atoms with van der Waals surface area (Å²) >= 11 is 0. The van der Waals surface area contributed by atoms with E-state index in [9.17, 15) is 9.59 Å². The first-order valence-electron chi connectivity index (χ1n) is 8.40. The molecule has 1 aliphatic rings. The lowest BCUT2D eigenvalue weighted by atomic mass is 10.1. The lowest BCUT2D eigenvalue weighted by molar-refractivity contribution is -0.130. The minimum absolute atomic E-state index is 0. The molecule has 2 amide bonds. The van der Waals surface area contributed by atoms with E-state index in [0.717, 1.165) is 18.4 Å². The Balaban J connectivity index is 0.00000288. The molecule has 2 rings (SSSR count). The number of hydrogen-bond acceptors (Lipinski definition) is 3. The normalized spacial score (nSPS) is 19.5. The van der Waals surface area contributed by atoms with Crippen LogP contribution in [0.4, 0.5) is 0 Å². The minimum atomic E-state index is -0.259. The molecule has 1 aromatic carbocycles. The van der Waals surface area contributed by atoms with Gasteiger partial charge in [0.2, 0.25) is 11.8 Å². The van der Waals surface area contributed by atoms with E-state index in [0.29, 0.717) is 19.5 Å². The molecule has 134 valence electrons. The number of likely N-dealkylation sites (tertiary alicyclic amines) is 1. The second-order valence-corrected chi connectivity index (χ2v) is 6.35. The van der Waals surface area contributed by atoms with Crippen LogP contribution in [0.3, 0.4) is 0 Å². The van der Waals surface area contributed by atoms with Crippen LogP contribution in [0, 0.1) is 5.92 Å². The molecule has 3 unspecified atom stereocenters. The van der Waals surface area contributed by atoms with Crippen molar-refractivity contribution < 1.29 is 9.59 Å². The van der Waals surface area contributed by atoms with Gasteiger partial charge < -0.3 is 16.0 Å². The number of amides is 2. The lowest BCUT2D eigenvalue weighted by Crippen LogP contribution is -2.38. The predicted molar refractivity (Wildman–Crippen MR) is 97.8 cm³/mol. The second-order valence-electron chi connectivity index (χ2n) is 6.35. The molecule has 0 bridgehead atoms. The third kappa shape index (κ3) is 5.21. The van der Waals surface area contributed by atoms with Gasteiger partial charge in [0.25, 0.3) is 0 Å². The van der Waals surface area contributed by atoms with Crippen molar-refractivity contribution in [2.45, 2.75) is 45.2 Å². The second kappa shape index (κ2) is 9.64. The van der Waals surface area contributed by atoms with E-state index >= 15 is 0 Å². The van der Waals surface area contributed by atoms with Crippen LogP contribution < -0.4 is 11.1 Å². The Labute approximate surface area is 150 Å². The number of rotatable bonds is 7.